The summed E-state index contributed by atoms with van der Waals surface area (Å²) >= 11 is 0. The van der Waals surface area contributed by atoms with E-state index in [1.54, 1.807) is 0 Å². The summed E-state index contributed by atoms with van der Waals surface area (Å²) in [6, 6.07) is 9.77. The van der Waals surface area contributed by atoms with Crippen molar-refractivity contribution in [1.29, 1.82) is 0 Å². The van der Waals surface area contributed by atoms with Crippen molar-refractivity contribution < 1.29 is 0 Å². The number of aliphatic imine (C=N–C) groups is 1. The molecule has 2 aromatic rings. The van der Waals surface area contributed by atoms with Gasteiger partial charge in [0, 0.05) is 37.9 Å². The van der Waals surface area contributed by atoms with Crippen LogP contribution in [-0.2, 0) is 13.6 Å². The highest BCUT2D eigenvalue weighted by Gasteiger charge is 2.23. The maximum absolute atomic E-state index is 4.92. The summed E-state index contributed by atoms with van der Waals surface area (Å²) in [5.41, 5.74) is 2.62. The van der Waals surface area contributed by atoms with Gasteiger partial charge >= 0.3 is 0 Å². The number of aromatic nitrogens is 3. The van der Waals surface area contributed by atoms with Crippen LogP contribution in [0.15, 0.2) is 29.3 Å². The number of guanidine groups is 1. The zero-order valence-corrected chi connectivity index (χ0v) is 19.3. The number of nitrogens with one attached hydrogen (secondary N) is 2. The molecule has 0 spiro atoms. The Morgan fingerprint density at radius 1 is 0.968 bits per heavy atom. The molecule has 7 heteroatoms. The molecule has 0 amide bonds. The van der Waals surface area contributed by atoms with E-state index in [-0.39, 0.29) is 0 Å². The summed E-state index contributed by atoms with van der Waals surface area (Å²) in [5.74, 6) is 2.73. The number of piperidine rings is 1. The summed E-state index contributed by atoms with van der Waals surface area (Å²) in [5, 5.41) is 15.9. The molecule has 1 aromatic heterocycles. The van der Waals surface area contributed by atoms with Gasteiger partial charge in [0.15, 0.2) is 11.8 Å². The van der Waals surface area contributed by atoms with Crippen molar-refractivity contribution in [1.82, 2.24) is 25.4 Å². The highest BCUT2D eigenvalue weighted by molar-refractivity contribution is 5.80. The molecule has 7 nitrogen and oxygen atoms in total. The Bertz CT molecular complexity index is 865. The average Bonchev–Trinajstić information content (AvgIpc) is 3.11. The van der Waals surface area contributed by atoms with Gasteiger partial charge in [0.05, 0.1) is 0 Å². The van der Waals surface area contributed by atoms with Crippen LogP contribution in [0.2, 0.25) is 0 Å². The number of benzene rings is 1. The molecule has 2 N–H and O–H groups in total. The molecule has 2 aliphatic rings. The van der Waals surface area contributed by atoms with Crippen molar-refractivity contribution >= 4 is 11.6 Å². The first-order valence-corrected chi connectivity index (χ1v) is 11.8. The number of rotatable bonds is 5. The predicted octanol–water partition coefficient (Wildman–Crippen LogP) is 3.47. The first-order valence-electron chi connectivity index (χ1n) is 11.8. The number of hydrogen-bond acceptors (Lipinski definition) is 4. The van der Waals surface area contributed by atoms with Crippen LogP contribution in [0.25, 0.3) is 0 Å². The van der Waals surface area contributed by atoms with Gasteiger partial charge in [-0.25, -0.2) is 4.99 Å². The van der Waals surface area contributed by atoms with Gasteiger partial charge < -0.3 is 20.1 Å². The van der Waals surface area contributed by atoms with E-state index in [9.17, 15) is 0 Å². The first-order chi connectivity index (χ1) is 15.1. The number of hydrogen-bond donors (Lipinski definition) is 2. The monoisotopic (exact) mass is 423 g/mol. The van der Waals surface area contributed by atoms with Gasteiger partial charge in [0.2, 0.25) is 0 Å². The van der Waals surface area contributed by atoms with E-state index in [1.165, 1.54) is 49.8 Å². The number of anilines is 1. The van der Waals surface area contributed by atoms with Crippen LogP contribution in [0.1, 0.15) is 62.2 Å². The summed E-state index contributed by atoms with van der Waals surface area (Å²) in [7, 11) is 2.00. The summed E-state index contributed by atoms with van der Waals surface area (Å²) < 4.78 is 2.02. The minimum atomic E-state index is 0.381. The van der Waals surface area contributed by atoms with Gasteiger partial charge in [-0.1, -0.05) is 37.0 Å². The van der Waals surface area contributed by atoms with E-state index in [1.807, 2.05) is 18.5 Å². The van der Waals surface area contributed by atoms with Crippen LogP contribution in [0, 0.1) is 13.8 Å². The summed E-state index contributed by atoms with van der Waals surface area (Å²) in [4.78, 5) is 7.41. The molecule has 1 unspecified atom stereocenters. The topological polar surface area (TPSA) is 70.4 Å². The Morgan fingerprint density at radius 2 is 1.68 bits per heavy atom. The Balaban J connectivity index is 1.44. The molecular weight excluding hydrogens is 386 g/mol. The zero-order chi connectivity index (χ0) is 21.6. The minimum Gasteiger partial charge on any atom is -0.369 e. The quantitative estimate of drug-likeness (QED) is 0.569. The maximum Gasteiger partial charge on any atom is 0.192 e. The van der Waals surface area contributed by atoms with Crippen molar-refractivity contribution in [2.24, 2.45) is 12.0 Å². The molecule has 31 heavy (non-hydrogen) atoms. The molecule has 1 aliphatic carbocycles. The highest BCUT2D eigenvalue weighted by Crippen LogP contribution is 2.21. The van der Waals surface area contributed by atoms with Gasteiger partial charge in [-0.15, -0.1) is 10.2 Å². The van der Waals surface area contributed by atoms with Gasteiger partial charge in [-0.2, -0.15) is 0 Å². The van der Waals surface area contributed by atoms with E-state index < -0.39 is 0 Å². The van der Waals surface area contributed by atoms with E-state index in [4.69, 9.17) is 4.99 Å². The van der Waals surface area contributed by atoms with E-state index >= 15 is 0 Å². The summed E-state index contributed by atoms with van der Waals surface area (Å²) in [6.07, 6.45) is 8.76. The van der Waals surface area contributed by atoms with Gasteiger partial charge in [0.25, 0.3) is 0 Å². The predicted molar refractivity (Wildman–Crippen MR) is 126 cm³/mol. The van der Waals surface area contributed by atoms with Crippen LogP contribution < -0.4 is 15.5 Å². The first kappa shape index (κ1) is 21.7. The Labute approximate surface area is 186 Å². The van der Waals surface area contributed by atoms with Gasteiger partial charge in [-0.3, -0.25) is 0 Å². The van der Waals surface area contributed by atoms with Gasteiger partial charge in [0.1, 0.15) is 12.4 Å². The lowest BCUT2D eigenvalue weighted by Gasteiger charge is -2.36. The SMILES string of the molecule is Cc1ccc(N2CCCC(NC(=NCc3nnc(C)n3C)NC3CCCCC3)C2)cc1. The normalized spacial score (nSPS) is 20.7. The molecule has 1 aliphatic heterocycles. The van der Waals surface area contributed by atoms with Crippen LogP contribution in [-0.4, -0.2) is 45.9 Å². The fourth-order valence-electron chi connectivity index (χ4n) is 4.59. The second-order valence-corrected chi connectivity index (χ2v) is 9.13. The van der Waals surface area contributed by atoms with Crippen LogP contribution in [0.3, 0.4) is 0 Å². The molecule has 0 bridgehead atoms. The molecule has 168 valence electrons. The molecular formula is C24H37N7. The van der Waals surface area contributed by atoms with E-state index in [0.717, 1.165) is 37.1 Å². The molecule has 1 aromatic carbocycles. The Hall–Kier alpha value is -2.57. The van der Waals surface area contributed by atoms with Crippen molar-refractivity contribution in [2.75, 3.05) is 18.0 Å². The Morgan fingerprint density at radius 3 is 2.39 bits per heavy atom. The fraction of sp³-hybridized carbons (Fsp3) is 0.625. The molecule has 1 saturated carbocycles. The lowest BCUT2D eigenvalue weighted by molar-refractivity contribution is 0.402. The lowest BCUT2D eigenvalue weighted by Crippen LogP contribution is -2.53. The van der Waals surface area contributed by atoms with Crippen molar-refractivity contribution in [3.63, 3.8) is 0 Å². The van der Waals surface area contributed by atoms with Crippen LogP contribution in [0.5, 0.6) is 0 Å². The van der Waals surface area contributed by atoms with Crippen molar-refractivity contribution in [3.05, 3.63) is 41.5 Å². The Kier molecular flexibility index (Phi) is 7.10. The molecule has 2 heterocycles. The van der Waals surface area contributed by atoms with Crippen molar-refractivity contribution in [2.45, 2.75) is 77.4 Å². The van der Waals surface area contributed by atoms with E-state index in [2.05, 4.69) is 56.9 Å². The lowest BCUT2D eigenvalue weighted by atomic mass is 9.96. The van der Waals surface area contributed by atoms with Gasteiger partial charge in [-0.05, 0) is 51.7 Å². The maximum atomic E-state index is 4.92. The second kappa shape index (κ2) is 10.2. The zero-order valence-electron chi connectivity index (χ0n) is 19.3. The third-order valence-corrected chi connectivity index (χ3v) is 6.67. The standard InChI is InChI=1S/C24H37N7/c1-18-11-13-22(14-12-18)31-15-7-10-21(17-31)27-24(26-20-8-5-4-6-9-20)25-16-23-29-28-19(2)30(23)3/h11-14,20-21H,4-10,15-17H2,1-3H3,(H2,25,26,27). The third kappa shape index (κ3) is 5.77. The van der Waals surface area contributed by atoms with Crippen molar-refractivity contribution in [3.8, 4) is 0 Å². The smallest absolute Gasteiger partial charge is 0.192 e. The largest absolute Gasteiger partial charge is 0.369 e. The minimum absolute atomic E-state index is 0.381. The molecule has 1 saturated heterocycles. The van der Waals surface area contributed by atoms with E-state index in [0.29, 0.717) is 18.6 Å². The number of aryl methyl sites for hydroxylation is 2. The summed E-state index contributed by atoms with van der Waals surface area (Å²) in [6.45, 7) is 6.76. The fourth-order valence-corrected chi connectivity index (χ4v) is 4.59. The molecule has 2 fully saturated rings. The number of nitrogens with zero attached hydrogens (tertiary/aromatic N) is 5. The molecule has 0 radical (unpaired) electrons. The highest BCUT2D eigenvalue weighted by atomic mass is 15.3. The van der Waals surface area contributed by atoms with Crippen LogP contribution >= 0.6 is 0 Å². The second-order valence-electron chi connectivity index (χ2n) is 9.13. The average molecular weight is 424 g/mol. The van der Waals surface area contributed by atoms with Crippen LogP contribution in [0.4, 0.5) is 5.69 Å². The molecule has 4 rings (SSSR count). The molecule has 1 atom stereocenters. The third-order valence-electron chi connectivity index (χ3n) is 6.67.